The van der Waals surface area contributed by atoms with Crippen LogP contribution in [0.3, 0.4) is 0 Å². The van der Waals surface area contributed by atoms with E-state index >= 15 is 0 Å². The Hall–Kier alpha value is -1.02. The summed E-state index contributed by atoms with van der Waals surface area (Å²) in [7, 11) is 0. The Labute approximate surface area is 79.3 Å². The summed E-state index contributed by atoms with van der Waals surface area (Å²) in [6.07, 6.45) is 2.34. The van der Waals surface area contributed by atoms with Crippen molar-refractivity contribution in [2.45, 2.75) is 19.8 Å². The summed E-state index contributed by atoms with van der Waals surface area (Å²) in [5.74, 6) is 6.69. The molecule has 0 fully saturated rings. The van der Waals surface area contributed by atoms with Crippen molar-refractivity contribution in [3.63, 3.8) is 0 Å². The molecule has 0 saturated carbocycles. The number of anilines is 1. The largest absolute Gasteiger partial charge is 0.311 e. The van der Waals surface area contributed by atoms with Gasteiger partial charge in [0, 0.05) is 6.54 Å². The first-order chi connectivity index (χ1) is 6.27. The zero-order chi connectivity index (χ0) is 9.26. The van der Waals surface area contributed by atoms with Gasteiger partial charge in [-0.05, 0) is 30.4 Å². The summed E-state index contributed by atoms with van der Waals surface area (Å²) < 4.78 is 0. The van der Waals surface area contributed by atoms with Gasteiger partial charge >= 0.3 is 0 Å². The number of hydrogen-bond donors (Lipinski definition) is 1. The predicted molar refractivity (Wildman–Crippen MR) is 55.5 cm³/mol. The van der Waals surface area contributed by atoms with Gasteiger partial charge in [0.05, 0.1) is 5.69 Å². The molecule has 70 valence electrons. The predicted octanol–water partition coefficient (Wildman–Crippen LogP) is 1.95. The highest BCUT2D eigenvalue weighted by Gasteiger charge is 2.15. The number of hydrogen-bond acceptors (Lipinski definition) is 2. The third-order valence-electron chi connectivity index (χ3n) is 2.73. The maximum absolute atomic E-state index is 5.94. The van der Waals surface area contributed by atoms with Gasteiger partial charge in [0.25, 0.3) is 0 Å². The molecule has 0 aromatic heterocycles. The minimum atomic E-state index is 0.745. The third kappa shape index (κ3) is 1.68. The topological polar surface area (TPSA) is 29.3 Å². The summed E-state index contributed by atoms with van der Waals surface area (Å²) >= 11 is 0. The molecule has 0 aliphatic carbocycles. The second-order valence-electron chi connectivity index (χ2n) is 3.92. The Morgan fingerprint density at radius 3 is 3.00 bits per heavy atom. The van der Waals surface area contributed by atoms with Crippen LogP contribution in [0, 0.1) is 5.92 Å². The fraction of sp³-hybridized carbons (Fsp3) is 0.455. The van der Waals surface area contributed by atoms with Crippen molar-refractivity contribution in [2.24, 2.45) is 11.8 Å². The van der Waals surface area contributed by atoms with Crippen LogP contribution >= 0.6 is 0 Å². The van der Waals surface area contributed by atoms with E-state index in [0.717, 1.165) is 18.9 Å². The first-order valence-electron chi connectivity index (χ1n) is 4.87. The molecule has 0 spiro atoms. The molecule has 2 N–H and O–H groups in total. The number of nitrogens with zero attached hydrogens (tertiary/aromatic N) is 1. The van der Waals surface area contributed by atoms with Crippen molar-refractivity contribution in [1.82, 2.24) is 0 Å². The second kappa shape index (κ2) is 3.38. The van der Waals surface area contributed by atoms with Crippen LogP contribution in [0.25, 0.3) is 0 Å². The fourth-order valence-electron chi connectivity index (χ4n) is 1.92. The van der Waals surface area contributed by atoms with Gasteiger partial charge in [0.2, 0.25) is 0 Å². The van der Waals surface area contributed by atoms with E-state index in [4.69, 9.17) is 5.84 Å². The van der Waals surface area contributed by atoms with Gasteiger partial charge in [-0.15, -0.1) is 0 Å². The normalized spacial score (nSPS) is 22.3. The minimum Gasteiger partial charge on any atom is -0.311 e. The van der Waals surface area contributed by atoms with Crippen LogP contribution in [-0.2, 0) is 6.42 Å². The van der Waals surface area contributed by atoms with E-state index in [2.05, 4.69) is 31.2 Å². The first kappa shape index (κ1) is 8.57. The van der Waals surface area contributed by atoms with Crippen molar-refractivity contribution in [1.29, 1.82) is 0 Å². The maximum Gasteiger partial charge on any atom is 0.0549 e. The lowest BCUT2D eigenvalue weighted by Crippen LogP contribution is -2.31. The third-order valence-corrected chi connectivity index (χ3v) is 2.73. The molecule has 0 saturated heterocycles. The van der Waals surface area contributed by atoms with Gasteiger partial charge in [-0.3, -0.25) is 0 Å². The lowest BCUT2D eigenvalue weighted by molar-refractivity contribution is 0.543. The van der Waals surface area contributed by atoms with Gasteiger partial charge in [0.15, 0.2) is 0 Å². The number of para-hydroxylation sites is 1. The van der Waals surface area contributed by atoms with E-state index in [1.54, 1.807) is 0 Å². The number of rotatable bonds is 0. The molecule has 0 amide bonds. The monoisotopic (exact) mass is 176 g/mol. The highest BCUT2D eigenvalue weighted by Crippen LogP contribution is 2.26. The zero-order valence-corrected chi connectivity index (χ0v) is 8.03. The van der Waals surface area contributed by atoms with Gasteiger partial charge in [-0.25, -0.2) is 5.84 Å². The summed E-state index contributed by atoms with van der Waals surface area (Å²) in [5.41, 5.74) is 2.59. The smallest absolute Gasteiger partial charge is 0.0549 e. The van der Waals surface area contributed by atoms with Crippen LogP contribution in [0.4, 0.5) is 5.69 Å². The number of benzene rings is 1. The Balaban J connectivity index is 2.38. The van der Waals surface area contributed by atoms with E-state index in [1.165, 1.54) is 17.7 Å². The average Bonchev–Trinajstić information content (AvgIpc) is 2.27. The molecule has 2 rings (SSSR count). The van der Waals surface area contributed by atoms with E-state index in [-0.39, 0.29) is 0 Å². The van der Waals surface area contributed by atoms with E-state index < -0.39 is 0 Å². The molecule has 1 aromatic carbocycles. The molecular weight excluding hydrogens is 160 g/mol. The van der Waals surface area contributed by atoms with E-state index in [1.807, 2.05) is 5.01 Å². The molecule has 1 aliphatic heterocycles. The molecule has 1 aliphatic rings. The van der Waals surface area contributed by atoms with Crippen molar-refractivity contribution in [3.8, 4) is 0 Å². The fourth-order valence-corrected chi connectivity index (χ4v) is 1.92. The van der Waals surface area contributed by atoms with Gasteiger partial charge in [-0.2, -0.15) is 0 Å². The Bertz CT molecular complexity index is 296. The van der Waals surface area contributed by atoms with Crippen LogP contribution < -0.4 is 10.9 Å². The van der Waals surface area contributed by atoms with Crippen LogP contribution in [0.5, 0.6) is 0 Å². The molecule has 1 unspecified atom stereocenters. The van der Waals surface area contributed by atoms with Gasteiger partial charge in [-0.1, -0.05) is 25.1 Å². The highest BCUT2D eigenvalue weighted by atomic mass is 15.4. The lowest BCUT2D eigenvalue weighted by Gasteiger charge is -2.17. The van der Waals surface area contributed by atoms with Crippen LogP contribution in [-0.4, -0.2) is 6.54 Å². The molecule has 0 bridgehead atoms. The highest BCUT2D eigenvalue weighted by molar-refractivity contribution is 5.53. The van der Waals surface area contributed by atoms with Crippen LogP contribution in [0.1, 0.15) is 18.9 Å². The molecule has 13 heavy (non-hydrogen) atoms. The number of hydrazine groups is 1. The van der Waals surface area contributed by atoms with Crippen LogP contribution in [0.2, 0.25) is 0 Å². The summed E-state index contributed by atoms with van der Waals surface area (Å²) in [4.78, 5) is 0. The first-order valence-corrected chi connectivity index (χ1v) is 4.87. The van der Waals surface area contributed by atoms with Crippen LogP contribution in [0.15, 0.2) is 24.3 Å². The molecule has 2 nitrogen and oxygen atoms in total. The zero-order valence-electron chi connectivity index (χ0n) is 8.03. The molecule has 0 radical (unpaired) electrons. The summed E-state index contributed by atoms with van der Waals surface area (Å²) in [6.45, 7) is 3.26. The average molecular weight is 176 g/mol. The lowest BCUT2D eigenvalue weighted by atomic mass is 9.99. The van der Waals surface area contributed by atoms with Crippen molar-refractivity contribution in [2.75, 3.05) is 11.6 Å². The summed E-state index contributed by atoms with van der Waals surface area (Å²) in [5, 5.41) is 1.87. The Morgan fingerprint density at radius 2 is 2.15 bits per heavy atom. The quantitative estimate of drug-likeness (QED) is 0.612. The standard InChI is InChI=1S/C11H16N2/c1-9-6-7-13(12)11-5-3-2-4-10(11)8-9/h2-5,9H,6-8,12H2,1H3. The summed E-state index contributed by atoms with van der Waals surface area (Å²) in [6, 6.07) is 8.42. The molecule has 1 heterocycles. The van der Waals surface area contributed by atoms with Crippen molar-refractivity contribution >= 4 is 5.69 Å². The number of fused-ring (bicyclic) bond motifs is 1. The van der Waals surface area contributed by atoms with E-state index in [9.17, 15) is 0 Å². The Kier molecular flexibility index (Phi) is 2.23. The van der Waals surface area contributed by atoms with Gasteiger partial charge in [0.1, 0.15) is 0 Å². The maximum atomic E-state index is 5.94. The van der Waals surface area contributed by atoms with Crippen molar-refractivity contribution < 1.29 is 0 Å². The molecule has 1 atom stereocenters. The van der Waals surface area contributed by atoms with Gasteiger partial charge < -0.3 is 5.01 Å². The van der Waals surface area contributed by atoms with Crippen molar-refractivity contribution in [3.05, 3.63) is 29.8 Å². The SMILES string of the molecule is CC1CCN(N)c2ccccc2C1. The van der Waals surface area contributed by atoms with E-state index in [0.29, 0.717) is 0 Å². The molecule has 2 heteroatoms. The Morgan fingerprint density at radius 1 is 1.38 bits per heavy atom. The number of nitrogens with two attached hydrogens (primary N) is 1. The minimum absolute atomic E-state index is 0.745. The second-order valence-corrected chi connectivity index (χ2v) is 3.92. The molecular formula is C11H16N2. The molecule has 1 aromatic rings.